The van der Waals surface area contributed by atoms with Gasteiger partial charge in [0.1, 0.15) is 12.6 Å². The lowest BCUT2D eigenvalue weighted by Crippen LogP contribution is -2.43. The van der Waals surface area contributed by atoms with Crippen LogP contribution in [0.3, 0.4) is 0 Å². The molecule has 0 saturated carbocycles. The van der Waals surface area contributed by atoms with Crippen LogP contribution in [0.4, 0.5) is 4.79 Å². The van der Waals surface area contributed by atoms with Gasteiger partial charge in [-0.05, 0) is 22.3 Å². The Bertz CT molecular complexity index is 958. The summed E-state index contributed by atoms with van der Waals surface area (Å²) < 4.78 is 5.41. The van der Waals surface area contributed by atoms with Crippen molar-refractivity contribution in [1.82, 2.24) is 10.3 Å². The van der Waals surface area contributed by atoms with Crippen molar-refractivity contribution in [3.63, 3.8) is 0 Å². The van der Waals surface area contributed by atoms with Gasteiger partial charge >= 0.3 is 12.1 Å². The first-order valence-electron chi connectivity index (χ1n) is 8.85. The number of nitrogens with one attached hydrogen (secondary N) is 1. The molecule has 0 fully saturated rings. The number of rotatable bonds is 6. The van der Waals surface area contributed by atoms with E-state index in [1.807, 2.05) is 36.4 Å². The molecular formula is C21H18N2O4S. The third-order valence-corrected chi connectivity index (χ3v) is 5.47. The van der Waals surface area contributed by atoms with Gasteiger partial charge in [0, 0.05) is 17.7 Å². The number of nitrogens with zero attached hydrogens (tertiary/aromatic N) is 1. The molecule has 0 bridgehead atoms. The van der Waals surface area contributed by atoms with Crippen LogP contribution in [0.15, 0.2) is 59.4 Å². The Balaban J connectivity index is 1.44. The second kappa shape index (κ2) is 7.82. The molecule has 4 rings (SSSR count). The molecule has 1 atom stereocenters. The molecule has 1 heterocycles. The van der Waals surface area contributed by atoms with Gasteiger partial charge in [-0.3, -0.25) is 0 Å². The topological polar surface area (TPSA) is 88.5 Å². The molecule has 0 spiro atoms. The third kappa shape index (κ3) is 3.61. The van der Waals surface area contributed by atoms with Gasteiger partial charge in [0.15, 0.2) is 0 Å². The average Bonchev–Trinajstić information content (AvgIpc) is 3.32. The Morgan fingerprint density at radius 1 is 1.11 bits per heavy atom. The van der Waals surface area contributed by atoms with Crippen molar-refractivity contribution in [2.75, 3.05) is 6.61 Å². The van der Waals surface area contributed by atoms with E-state index in [1.165, 1.54) is 11.3 Å². The van der Waals surface area contributed by atoms with Gasteiger partial charge in [-0.1, -0.05) is 48.5 Å². The fourth-order valence-corrected chi connectivity index (χ4v) is 4.10. The minimum absolute atomic E-state index is 0.0695. The summed E-state index contributed by atoms with van der Waals surface area (Å²) in [5.41, 5.74) is 6.73. The zero-order valence-electron chi connectivity index (χ0n) is 14.9. The molecular weight excluding hydrogens is 376 g/mol. The number of alkyl carbamates (subject to hydrolysis) is 1. The predicted molar refractivity (Wildman–Crippen MR) is 105 cm³/mol. The number of carbonyl (C=O) groups excluding carboxylic acids is 1. The largest absolute Gasteiger partial charge is 0.480 e. The number of thiazole rings is 1. The van der Waals surface area contributed by atoms with Crippen molar-refractivity contribution in [2.24, 2.45) is 0 Å². The zero-order valence-corrected chi connectivity index (χ0v) is 15.7. The molecule has 6 nitrogen and oxygen atoms in total. The van der Waals surface area contributed by atoms with E-state index in [9.17, 15) is 14.7 Å². The molecule has 0 saturated heterocycles. The number of carboxylic acids is 1. The van der Waals surface area contributed by atoms with Gasteiger partial charge in [0.05, 0.1) is 11.2 Å². The standard InChI is InChI=1S/C21H18N2O4S/c24-20(25)19(9-13-11-28-12-22-13)23-21(26)27-10-18-16-7-3-1-5-14(16)15-6-2-4-8-17(15)18/h1-8,11-12,18-19H,9-10H2,(H,23,26)(H,24,25)/t19-/m1/s1. The Morgan fingerprint density at radius 3 is 2.32 bits per heavy atom. The third-order valence-electron chi connectivity index (χ3n) is 4.83. The van der Waals surface area contributed by atoms with E-state index in [-0.39, 0.29) is 18.9 Å². The van der Waals surface area contributed by atoms with Crippen LogP contribution in [0.25, 0.3) is 11.1 Å². The molecule has 2 aromatic carbocycles. The summed E-state index contributed by atoms with van der Waals surface area (Å²) in [6.45, 7) is 0.142. The minimum Gasteiger partial charge on any atom is -0.480 e. The molecule has 1 aliphatic rings. The second-order valence-corrected chi connectivity index (χ2v) is 7.26. The summed E-state index contributed by atoms with van der Waals surface area (Å²) in [7, 11) is 0. The Labute approximate surface area is 165 Å². The SMILES string of the molecule is O=C(N[C@H](Cc1cscn1)C(=O)O)OCC1c2ccccc2-c2ccccc21. The maximum Gasteiger partial charge on any atom is 0.407 e. The number of carboxylic acid groups (broad SMARTS) is 1. The highest BCUT2D eigenvalue weighted by Crippen LogP contribution is 2.44. The first-order chi connectivity index (χ1) is 13.6. The van der Waals surface area contributed by atoms with Crippen LogP contribution in [0, 0.1) is 0 Å². The van der Waals surface area contributed by atoms with Crippen molar-refractivity contribution >= 4 is 23.4 Å². The molecule has 0 aliphatic heterocycles. The second-order valence-electron chi connectivity index (χ2n) is 6.54. The van der Waals surface area contributed by atoms with Crippen molar-refractivity contribution < 1.29 is 19.4 Å². The fraction of sp³-hybridized carbons (Fsp3) is 0.190. The predicted octanol–water partition coefficient (Wildman–Crippen LogP) is 3.68. The maximum absolute atomic E-state index is 12.3. The molecule has 28 heavy (non-hydrogen) atoms. The quantitative estimate of drug-likeness (QED) is 0.666. The van der Waals surface area contributed by atoms with E-state index in [2.05, 4.69) is 22.4 Å². The fourth-order valence-electron chi connectivity index (χ4n) is 3.53. The smallest absolute Gasteiger partial charge is 0.407 e. The van der Waals surface area contributed by atoms with Crippen molar-refractivity contribution in [1.29, 1.82) is 0 Å². The van der Waals surface area contributed by atoms with Crippen LogP contribution >= 0.6 is 11.3 Å². The van der Waals surface area contributed by atoms with Gasteiger partial charge < -0.3 is 15.2 Å². The lowest BCUT2D eigenvalue weighted by molar-refractivity contribution is -0.139. The van der Waals surface area contributed by atoms with E-state index in [0.29, 0.717) is 5.69 Å². The van der Waals surface area contributed by atoms with Gasteiger partial charge in [-0.25, -0.2) is 14.6 Å². The Morgan fingerprint density at radius 2 is 1.75 bits per heavy atom. The Hall–Kier alpha value is -3.19. The van der Waals surface area contributed by atoms with Crippen molar-refractivity contribution in [3.8, 4) is 11.1 Å². The van der Waals surface area contributed by atoms with Gasteiger partial charge in [-0.2, -0.15) is 0 Å². The number of hydrogen-bond acceptors (Lipinski definition) is 5. The van der Waals surface area contributed by atoms with E-state index in [4.69, 9.17) is 4.74 Å². The van der Waals surface area contributed by atoms with E-state index >= 15 is 0 Å². The van der Waals surface area contributed by atoms with Crippen LogP contribution in [0.1, 0.15) is 22.7 Å². The summed E-state index contributed by atoms with van der Waals surface area (Å²) in [5.74, 6) is -1.19. The van der Waals surface area contributed by atoms with E-state index < -0.39 is 18.1 Å². The number of benzene rings is 2. The van der Waals surface area contributed by atoms with Crippen LogP contribution in [0.5, 0.6) is 0 Å². The molecule has 2 N–H and O–H groups in total. The zero-order chi connectivity index (χ0) is 19.5. The molecule has 3 aromatic rings. The van der Waals surface area contributed by atoms with E-state index in [1.54, 1.807) is 10.9 Å². The number of aliphatic carboxylic acids is 1. The van der Waals surface area contributed by atoms with Crippen LogP contribution in [-0.2, 0) is 16.0 Å². The van der Waals surface area contributed by atoms with Gasteiger partial charge in [0.25, 0.3) is 0 Å². The lowest BCUT2D eigenvalue weighted by atomic mass is 9.98. The highest BCUT2D eigenvalue weighted by Gasteiger charge is 2.29. The summed E-state index contributed by atoms with van der Waals surface area (Å²) in [4.78, 5) is 27.8. The van der Waals surface area contributed by atoms with Crippen molar-refractivity contribution in [2.45, 2.75) is 18.4 Å². The van der Waals surface area contributed by atoms with Crippen molar-refractivity contribution in [3.05, 3.63) is 76.2 Å². The molecule has 1 aromatic heterocycles. The molecule has 142 valence electrons. The molecule has 0 radical (unpaired) electrons. The number of fused-ring (bicyclic) bond motifs is 3. The highest BCUT2D eigenvalue weighted by molar-refractivity contribution is 7.07. The maximum atomic E-state index is 12.3. The number of carbonyl (C=O) groups is 2. The number of aromatic nitrogens is 1. The van der Waals surface area contributed by atoms with Crippen LogP contribution in [-0.4, -0.2) is 34.8 Å². The number of hydrogen-bond donors (Lipinski definition) is 2. The van der Waals surface area contributed by atoms with Crippen LogP contribution in [0.2, 0.25) is 0 Å². The number of amides is 1. The molecule has 1 aliphatic carbocycles. The highest BCUT2D eigenvalue weighted by atomic mass is 32.1. The molecule has 0 unspecified atom stereocenters. The summed E-state index contributed by atoms with van der Waals surface area (Å²) >= 11 is 1.38. The summed E-state index contributed by atoms with van der Waals surface area (Å²) in [6.07, 6.45) is -0.632. The number of ether oxygens (including phenoxy) is 1. The molecule has 7 heteroatoms. The first kappa shape index (κ1) is 18.2. The first-order valence-corrected chi connectivity index (χ1v) is 9.79. The average molecular weight is 394 g/mol. The monoisotopic (exact) mass is 394 g/mol. The Kier molecular flexibility index (Phi) is 5.08. The lowest BCUT2D eigenvalue weighted by Gasteiger charge is -2.17. The van der Waals surface area contributed by atoms with Gasteiger partial charge in [0.2, 0.25) is 0 Å². The molecule has 1 amide bonds. The summed E-state index contributed by atoms with van der Waals surface area (Å²) in [6, 6.07) is 15.0. The van der Waals surface area contributed by atoms with E-state index in [0.717, 1.165) is 22.3 Å². The normalized spacial score (nSPS) is 13.4. The van der Waals surface area contributed by atoms with Gasteiger partial charge in [-0.15, -0.1) is 11.3 Å². The minimum atomic E-state index is -1.12. The van der Waals surface area contributed by atoms with Crippen LogP contribution < -0.4 is 5.32 Å². The summed E-state index contributed by atoms with van der Waals surface area (Å²) in [5, 5.41) is 13.6.